The van der Waals surface area contributed by atoms with Gasteiger partial charge in [0.2, 0.25) is 0 Å². The maximum atomic E-state index is 11.9. The summed E-state index contributed by atoms with van der Waals surface area (Å²) < 4.78 is 5.33. The number of rotatable bonds is 3. The number of nitrogens with two attached hydrogens (primary N) is 2. The molecule has 18 heavy (non-hydrogen) atoms. The summed E-state index contributed by atoms with van der Waals surface area (Å²) >= 11 is 0. The summed E-state index contributed by atoms with van der Waals surface area (Å²) in [7, 11) is 0. The van der Waals surface area contributed by atoms with Crippen molar-refractivity contribution in [1.82, 2.24) is 0 Å². The van der Waals surface area contributed by atoms with Crippen molar-refractivity contribution in [3.8, 4) is 0 Å². The summed E-state index contributed by atoms with van der Waals surface area (Å²) in [4.78, 5) is 11.9. The van der Waals surface area contributed by atoms with Crippen molar-refractivity contribution in [2.24, 2.45) is 5.92 Å². The van der Waals surface area contributed by atoms with Gasteiger partial charge in [-0.2, -0.15) is 0 Å². The van der Waals surface area contributed by atoms with Gasteiger partial charge in [-0.1, -0.05) is 19.3 Å². The highest BCUT2D eigenvalue weighted by atomic mass is 16.5. The molecule has 1 aliphatic carbocycles. The van der Waals surface area contributed by atoms with E-state index in [1.165, 1.54) is 19.3 Å². The van der Waals surface area contributed by atoms with Gasteiger partial charge in [0, 0.05) is 11.4 Å². The molecule has 1 aliphatic rings. The number of benzene rings is 1. The first-order chi connectivity index (χ1) is 8.66. The van der Waals surface area contributed by atoms with E-state index >= 15 is 0 Å². The van der Waals surface area contributed by atoms with Gasteiger partial charge in [0.25, 0.3) is 0 Å². The van der Waals surface area contributed by atoms with Crippen LogP contribution in [0.1, 0.15) is 42.5 Å². The number of carbonyl (C=O) groups is 1. The van der Waals surface area contributed by atoms with Gasteiger partial charge >= 0.3 is 5.97 Å². The molecule has 0 amide bonds. The summed E-state index contributed by atoms with van der Waals surface area (Å²) in [5.74, 6) is 0.163. The van der Waals surface area contributed by atoms with Crippen molar-refractivity contribution in [3.63, 3.8) is 0 Å². The first-order valence-electron chi connectivity index (χ1n) is 6.49. The van der Waals surface area contributed by atoms with Crippen LogP contribution in [0.15, 0.2) is 18.2 Å². The number of ether oxygens (including phenoxy) is 1. The lowest BCUT2D eigenvalue weighted by Crippen LogP contribution is -2.17. The van der Waals surface area contributed by atoms with Gasteiger partial charge in [-0.25, -0.2) is 4.79 Å². The molecule has 0 unspecified atom stereocenters. The van der Waals surface area contributed by atoms with Crippen molar-refractivity contribution < 1.29 is 9.53 Å². The molecule has 0 bridgehead atoms. The minimum Gasteiger partial charge on any atom is -0.462 e. The smallest absolute Gasteiger partial charge is 0.340 e. The molecule has 0 heterocycles. The third-order valence-corrected chi connectivity index (χ3v) is 3.47. The molecular formula is C14H20N2O2. The van der Waals surface area contributed by atoms with Gasteiger partial charge in [0.15, 0.2) is 0 Å². The van der Waals surface area contributed by atoms with Gasteiger partial charge in [-0.15, -0.1) is 0 Å². The van der Waals surface area contributed by atoms with E-state index in [0.29, 0.717) is 29.5 Å². The Labute approximate surface area is 107 Å². The minimum absolute atomic E-state index is 0.349. The highest BCUT2D eigenvalue weighted by Crippen LogP contribution is 2.24. The van der Waals surface area contributed by atoms with E-state index < -0.39 is 0 Å². The standard InChI is InChI=1S/C14H20N2O2/c15-11-6-7-12(13(16)8-11)14(17)18-9-10-4-2-1-3-5-10/h6-8,10H,1-5,9,15-16H2. The second-order valence-corrected chi connectivity index (χ2v) is 4.95. The third kappa shape index (κ3) is 3.15. The Morgan fingerprint density at radius 1 is 1.22 bits per heavy atom. The molecule has 1 fully saturated rings. The van der Waals surface area contributed by atoms with E-state index in [9.17, 15) is 4.79 Å². The average molecular weight is 248 g/mol. The Morgan fingerprint density at radius 2 is 1.94 bits per heavy atom. The number of carbonyl (C=O) groups excluding carboxylic acids is 1. The van der Waals surface area contributed by atoms with Crippen molar-refractivity contribution in [2.45, 2.75) is 32.1 Å². The number of hydrogen-bond acceptors (Lipinski definition) is 4. The third-order valence-electron chi connectivity index (χ3n) is 3.47. The SMILES string of the molecule is Nc1ccc(C(=O)OCC2CCCCC2)c(N)c1. The molecule has 0 aromatic heterocycles. The fourth-order valence-electron chi connectivity index (χ4n) is 2.39. The molecule has 4 N–H and O–H groups in total. The van der Waals surface area contributed by atoms with E-state index in [1.807, 2.05) is 0 Å². The van der Waals surface area contributed by atoms with E-state index in [4.69, 9.17) is 16.2 Å². The molecule has 2 rings (SSSR count). The van der Waals surface area contributed by atoms with E-state index in [2.05, 4.69) is 0 Å². The Kier molecular flexibility index (Phi) is 4.07. The van der Waals surface area contributed by atoms with Crippen LogP contribution in [-0.2, 0) is 4.74 Å². The summed E-state index contributed by atoms with van der Waals surface area (Å²) in [6.45, 7) is 0.503. The lowest BCUT2D eigenvalue weighted by molar-refractivity contribution is 0.0411. The van der Waals surface area contributed by atoms with Gasteiger partial charge in [0.1, 0.15) is 0 Å². The van der Waals surface area contributed by atoms with Crippen molar-refractivity contribution in [3.05, 3.63) is 23.8 Å². The predicted molar refractivity (Wildman–Crippen MR) is 72.1 cm³/mol. The molecule has 0 radical (unpaired) electrons. The van der Waals surface area contributed by atoms with Crippen LogP contribution in [0.3, 0.4) is 0 Å². The highest BCUT2D eigenvalue weighted by Gasteiger charge is 2.17. The molecule has 0 spiro atoms. The highest BCUT2D eigenvalue weighted by molar-refractivity contribution is 5.95. The molecule has 1 aromatic carbocycles. The van der Waals surface area contributed by atoms with Crippen molar-refractivity contribution >= 4 is 17.3 Å². The monoisotopic (exact) mass is 248 g/mol. The second kappa shape index (κ2) is 5.76. The van der Waals surface area contributed by atoms with Crippen LogP contribution < -0.4 is 11.5 Å². The largest absolute Gasteiger partial charge is 0.462 e. The molecule has 4 nitrogen and oxygen atoms in total. The number of nitrogen functional groups attached to an aromatic ring is 2. The quantitative estimate of drug-likeness (QED) is 0.636. The number of esters is 1. The molecule has 1 aromatic rings. The Balaban J connectivity index is 1.90. The number of hydrogen-bond donors (Lipinski definition) is 2. The Hall–Kier alpha value is -1.71. The van der Waals surface area contributed by atoms with Gasteiger partial charge in [-0.3, -0.25) is 0 Å². The lowest BCUT2D eigenvalue weighted by Gasteiger charge is -2.21. The van der Waals surface area contributed by atoms with Crippen LogP contribution in [-0.4, -0.2) is 12.6 Å². The van der Waals surface area contributed by atoms with Gasteiger partial charge in [-0.05, 0) is 37.0 Å². The topological polar surface area (TPSA) is 78.3 Å². The summed E-state index contributed by atoms with van der Waals surface area (Å²) in [5, 5.41) is 0. The molecular weight excluding hydrogens is 228 g/mol. The van der Waals surface area contributed by atoms with E-state index in [0.717, 1.165) is 12.8 Å². The maximum absolute atomic E-state index is 11.9. The zero-order valence-electron chi connectivity index (χ0n) is 10.5. The van der Waals surface area contributed by atoms with E-state index in [1.54, 1.807) is 18.2 Å². The van der Waals surface area contributed by atoms with Crippen molar-refractivity contribution in [1.29, 1.82) is 0 Å². The molecule has 4 heteroatoms. The van der Waals surface area contributed by atoms with Gasteiger partial charge < -0.3 is 16.2 Å². The van der Waals surface area contributed by atoms with Crippen LogP contribution in [0.5, 0.6) is 0 Å². The van der Waals surface area contributed by atoms with Crippen LogP contribution in [0, 0.1) is 5.92 Å². The summed E-state index contributed by atoms with van der Waals surface area (Å²) in [5.41, 5.74) is 12.7. The molecule has 0 aliphatic heterocycles. The Morgan fingerprint density at radius 3 is 2.61 bits per heavy atom. The zero-order chi connectivity index (χ0) is 13.0. The fraction of sp³-hybridized carbons (Fsp3) is 0.500. The lowest BCUT2D eigenvalue weighted by atomic mass is 9.90. The normalized spacial score (nSPS) is 16.4. The fourth-order valence-corrected chi connectivity index (χ4v) is 2.39. The summed E-state index contributed by atoms with van der Waals surface area (Å²) in [6.07, 6.45) is 6.10. The first-order valence-corrected chi connectivity index (χ1v) is 6.49. The average Bonchev–Trinajstić information content (AvgIpc) is 2.37. The molecule has 1 saturated carbocycles. The van der Waals surface area contributed by atoms with Gasteiger partial charge in [0.05, 0.1) is 12.2 Å². The molecule has 0 atom stereocenters. The summed E-state index contributed by atoms with van der Waals surface area (Å²) in [6, 6.07) is 4.86. The molecule has 0 saturated heterocycles. The minimum atomic E-state index is -0.349. The number of anilines is 2. The van der Waals surface area contributed by atoms with Crippen LogP contribution in [0.4, 0.5) is 11.4 Å². The zero-order valence-corrected chi connectivity index (χ0v) is 10.5. The first kappa shape index (κ1) is 12.7. The Bertz CT molecular complexity index is 426. The van der Waals surface area contributed by atoms with E-state index in [-0.39, 0.29) is 5.97 Å². The van der Waals surface area contributed by atoms with Crippen LogP contribution >= 0.6 is 0 Å². The van der Waals surface area contributed by atoms with Crippen LogP contribution in [0.2, 0.25) is 0 Å². The van der Waals surface area contributed by atoms with Crippen molar-refractivity contribution in [2.75, 3.05) is 18.1 Å². The van der Waals surface area contributed by atoms with Crippen LogP contribution in [0.25, 0.3) is 0 Å². The molecule has 98 valence electrons. The predicted octanol–water partition coefficient (Wildman–Crippen LogP) is 2.59. The second-order valence-electron chi connectivity index (χ2n) is 4.95. The maximum Gasteiger partial charge on any atom is 0.340 e.